The SMILES string of the molecule is CC(C)(C)[C@@H](N)c1cccc(OCc2ccccc2)c1.Cl. The lowest BCUT2D eigenvalue weighted by Crippen LogP contribution is -2.26. The van der Waals surface area contributed by atoms with Crippen LogP contribution in [-0.2, 0) is 6.61 Å². The first-order valence-electron chi connectivity index (χ1n) is 6.99. The normalized spacial score (nSPS) is 12.4. The van der Waals surface area contributed by atoms with E-state index in [1.165, 1.54) is 0 Å². The van der Waals surface area contributed by atoms with E-state index in [4.69, 9.17) is 10.5 Å². The Hall–Kier alpha value is -1.51. The molecule has 0 fully saturated rings. The Morgan fingerprint density at radius 2 is 1.67 bits per heavy atom. The van der Waals surface area contributed by atoms with Crippen molar-refractivity contribution in [3.8, 4) is 5.75 Å². The largest absolute Gasteiger partial charge is 0.489 e. The van der Waals surface area contributed by atoms with Crippen molar-refractivity contribution in [3.63, 3.8) is 0 Å². The zero-order valence-electron chi connectivity index (χ0n) is 12.9. The molecule has 3 heteroatoms. The summed E-state index contributed by atoms with van der Waals surface area (Å²) in [5.41, 5.74) is 8.61. The predicted molar refractivity (Wildman–Crippen MR) is 90.8 cm³/mol. The van der Waals surface area contributed by atoms with Crippen molar-refractivity contribution >= 4 is 12.4 Å². The molecule has 114 valence electrons. The number of hydrogen-bond donors (Lipinski definition) is 1. The number of hydrogen-bond acceptors (Lipinski definition) is 2. The number of nitrogens with two attached hydrogens (primary N) is 1. The Morgan fingerprint density at radius 1 is 1.00 bits per heavy atom. The van der Waals surface area contributed by atoms with Gasteiger partial charge in [-0.15, -0.1) is 12.4 Å². The van der Waals surface area contributed by atoms with Crippen LogP contribution in [0.2, 0.25) is 0 Å². The van der Waals surface area contributed by atoms with E-state index in [-0.39, 0.29) is 23.9 Å². The molecule has 0 radical (unpaired) electrons. The van der Waals surface area contributed by atoms with E-state index in [0.29, 0.717) is 6.61 Å². The van der Waals surface area contributed by atoms with Crippen LogP contribution in [0.4, 0.5) is 0 Å². The number of halogens is 1. The highest BCUT2D eigenvalue weighted by atomic mass is 35.5. The standard InChI is InChI=1S/C18H23NO.ClH/c1-18(2,3)17(19)15-10-7-11-16(12-15)20-13-14-8-5-4-6-9-14;/h4-12,17H,13,19H2,1-3H3;1H/t17-;/m0./s1. The van der Waals surface area contributed by atoms with Gasteiger partial charge in [-0.05, 0) is 28.7 Å². The highest BCUT2D eigenvalue weighted by molar-refractivity contribution is 5.85. The summed E-state index contributed by atoms with van der Waals surface area (Å²) in [6.45, 7) is 7.02. The van der Waals surface area contributed by atoms with Gasteiger partial charge in [0.15, 0.2) is 0 Å². The molecule has 0 saturated heterocycles. The highest BCUT2D eigenvalue weighted by Gasteiger charge is 2.22. The first kappa shape index (κ1) is 17.5. The van der Waals surface area contributed by atoms with Crippen molar-refractivity contribution in [1.82, 2.24) is 0 Å². The van der Waals surface area contributed by atoms with E-state index >= 15 is 0 Å². The molecule has 1 atom stereocenters. The molecule has 2 N–H and O–H groups in total. The van der Waals surface area contributed by atoms with E-state index in [1.54, 1.807) is 0 Å². The van der Waals surface area contributed by atoms with Crippen LogP contribution in [0.5, 0.6) is 5.75 Å². The van der Waals surface area contributed by atoms with E-state index in [1.807, 2.05) is 36.4 Å². The quantitative estimate of drug-likeness (QED) is 0.886. The fourth-order valence-electron chi connectivity index (χ4n) is 2.04. The number of benzene rings is 2. The topological polar surface area (TPSA) is 35.2 Å². The van der Waals surface area contributed by atoms with Gasteiger partial charge < -0.3 is 10.5 Å². The van der Waals surface area contributed by atoms with Crippen LogP contribution in [-0.4, -0.2) is 0 Å². The molecule has 2 rings (SSSR count). The van der Waals surface area contributed by atoms with Crippen molar-refractivity contribution in [2.75, 3.05) is 0 Å². The van der Waals surface area contributed by atoms with E-state index in [0.717, 1.165) is 16.9 Å². The molecule has 0 unspecified atom stereocenters. The summed E-state index contributed by atoms with van der Waals surface area (Å²) in [5.74, 6) is 0.867. The average Bonchev–Trinajstić information content (AvgIpc) is 2.45. The fraction of sp³-hybridized carbons (Fsp3) is 0.333. The molecule has 0 spiro atoms. The summed E-state index contributed by atoms with van der Waals surface area (Å²) in [7, 11) is 0. The molecule has 0 amide bonds. The summed E-state index contributed by atoms with van der Waals surface area (Å²) in [6, 6.07) is 18.2. The minimum absolute atomic E-state index is 0. The second kappa shape index (κ2) is 7.48. The van der Waals surface area contributed by atoms with Gasteiger partial charge in [-0.25, -0.2) is 0 Å². The van der Waals surface area contributed by atoms with Crippen LogP contribution < -0.4 is 10.5 Å². The Balaban J connectivity index is 0.00000220. The first-order chi connectivity index (χ1) is 9.47. The number of rotatable bonds is 4. The van der Waals surface area contributed by atoms with Crippen molar-refractivity contribution in [1.29, 1.82) is 0 Å². The molecular formula is C18H24ClNO. The fourth-order valence-corrected chi connectivity index (χ4v) is 2.04. The van der Waals surface area contributed by atoms with Crippen LogP contribution in [0.3, 0.4) is 0 Å². The molecule has 0 aliphatic heterocycles. The molecule has 0 bridgehead atoms. The second-order valence-electron chi connectivity index (χ2n) is 6.19. The minimum atomic E-state index is 0. The average molecular weight is 306 g/mol. The summed E-state index contributed by atoms with van der Waals surface area (Å²) in [6.07, 6.45) is 0. The van der Waals surface area contributed by atoms with Crippen LogP contribution >= 0.6 is 12.4 Å². The van der Waals surface area contributed by atoms with Gasteiger partial charge in [0.2, 0.25) is 0 Å². The lowest BCUT2D eigenvalue weighted by Gasteiger charge is -2.27. The van der Waals surface area contributed by atoms with Crippen molar-refractivity contribution < 1.29 is 4.74 Å². The Kier molecular flexibility index (Phi) is 6.25. The van der Waals surface area contributed by atoms with Gasteiger partial charge in [-0.2, -0.15) is 0 Å². The third kappa shape index (κ3) is 5.07. The molecule has 21 heavy (non-hydrogen) atoms. The smallest absolute Gasteiger partial charge is 0.120 e. The monoisotopic (exact) mass is 305 g/mol. The molecule has 2 nitrogen and oxygen atoms in total. The number of ether oxygens (including phenoxy) is 1. The van der Waals surface area contributed by atoms with Crippen LogP contribution in [0.1, 0.15) is 37.9 Å². The van der Waals surface area contributed by atoms with Gasteiger partial charge in [0, 0.05) is 6.04 Å². The maximum absolute atomic E-state index is 6.29. The van der Waals surface area contributed by atoms with Crippen molar-refractivity contribution in [2.24, 2.45) is 11.1 Å². The van der Waals surface area contributed by atoms with E-state index in [9.17, 15) is 0 Å². The molecule has 2 aromatic carbocycles. The Morgan fingerprint density at radius 3 is 2.29 bits per heavy atom. The van der Waals surface area contributed by atoms with Gasteiger partial charge in [0.05, 0.1) is 0 Å². The van der Waals surface area contributed by atoms with Crippen LogP contribution in [0.15, 0.2) is 54.6 Å². The van der Waals surface area contributed by atoms with Gasteiger partial charge >= 0.3 is 0 Å². The molecule has 0 aromatic heterocycles. The van der Waals surface area contributed by atoms with E-state index in [2.05, 4.69) is 39.0 Å². The van der Waals surface area contributed by atoms with Gasteiger partial charge in [-0.3, -0.25) is 0 Å². The van der Waals surface area contributed by atoms with Crippen molar-refractivity contribution in [3.05, 3.63) is 65.7 Å². The molecule has 0 heterocycles. The second-order valence-corrected chi connectivity index (χ2v) is 6.19. The van der Waals surface area contributed by atoms with Crippen LogP contribution in [0.25, 0.3) is 0 Å². The third-order valence-electron chi connectivity index (χ3n) is 3.40. The van der Waals surface area contributed by atoms with Gasteiger partial charge in [0.25, 0.3) is 0 Å². The Bertz CT molecular complexity index is 549. The third-order valence-corrected chi connectivity index (χ3v) is 3.40. The lowest BCUT2D eigenvalue weighted by atomic mass is 9.83. The first-order valence-corrected chi connectivity index (χ1v) is 6.99. The molecular weight excluding hydrogens is 282 g/mol. The summed E-state index contributed by atoms with van der Waals surface area (Å²) >= 11 is 0. The zero-order valence-corrected chi connectivity index (χ0v) is 13.7. The molecule has 0 aliphatic rings. The molecule has 2 aromatic rings. The zero-order chi connectivity index (χ0) is 14.6. The minimum Gasteiger partial charge on any atom is -0.489 e. The summed E-state index contributed by atoms with van der Waals surface area (Å²) < 4.78 is 5.84. The maximum atomic E-state index is 6.29. The summed E-state index contributed by atoms with van der Waals surface area (Å²) in [5, 5.41) is 0. The van der Waals surface area contributed by atoms with Crippen LogP contribution in [0, 0.1) is 5.41 Å². The van der Waals surface area contributed by atoms with Gasteiger partial charge in [-0.1, -0.05) is 63.2 Å². The Labute approximate surface area is 133 Å². The summed E-state index contributed by atoms with van der Waals surface area (Å²) in [4.78, 5) is 0. The van der Waals surface area contributed by atoms with Gasteiger partial charge in [0.1, 0.15) is 12.4 Å². The van der Waals surface area contributed by atoms with Crippen molar-refractivity contribution in [2.45, 2.75) is 33.4 Å². The lowest BCUT2D eigenvalue weighted by molar-refractivity contribution is 0.301. The van der Waals surface area contributed by atoms with E-state index < -0.39 is 0 Å². The highest BCUT2D eigenvalue weighted by Crippen LogP contribution is 2.31. The maximum Gasteiger partial charge on any atom is 0.120 e. The molecule has 0 saturated carbocycles. The molecule has 0 aliphatic carbocycles. The predicted octanol–water partition coefficient (Wildman–Crippen LogP) is 4.73.